The molecule has 0 unspecified atom stereocenters. The second kappa shape index (κ2) is 8.03. The molecule has 1 atom stereocenters. The van der Waals surface area contributed by atoms with Gasteiger partial charge in [-0.2, -0.15) is 0 Å². The molecule has 0 saturated carbocycles. The number of benzene rings is 1. The maximum Gasteiger partial charge on any atom is 0.303 e. The highest BCUT2D eigenvalue weighted by atomic mass is 35.5. The van der Waals surface area contributed by atoms with Crippen LogP contribution in [-0.2, 0) is 9.59 Å². The number of carbonyl (C=O) groups excluding carboxylic acids is 1. The van der Waals surface area contributed by atoms with Crippen molar-refractivity contribution in [3.05, 3.63) is 29.3 Å². The number of carboxylic acid groups (broad SMARTS) is 1. The fourth-order valence-corrected chi connectivity index (χ4v) is 2.67. The minimum Gasteiger partial charge on any atom is -0.488 e. The lowest BCUT2D eigenvalue weighted by Crippen LogP contribution is -2.30. The average molecular weight is 326 g/mol. The summed E-state index contributed by atoms with van der Waals surface area (Å²) in [6, 6.07) is 7.23. The summed E-state index contributed by atoms with van der Waals surface area (Å²) < 4.78 is 5.84. The highest BCUT2D eigenvalue weighted by Gasteiger charge is 2.27. The summed E-state index contributed by atoms with van der Waals surface area (Å²) in [5.41, 5.74) is 0. The number of ether oxygens (including phenoxy) is 1. The third-order valence-electron chi connectivity index (χ3n) is 3.63. The second-order valence-electron chi connectivity index (χ2n) is 5.43. The average Bonchev–Trinajstić information content (AvgIpc) is 2.92. The van der Waals surface area contributed by atoms with Crippen molar-refractivity contribution in [2.75, 3.05) is 13.1 Å². The van der Waals surface area contributed by atoms with Crippen LogP contribution in [0.25, 0.3) is 0 Å². The monoisotopic (exact) mass is 325 g/mol. The normalized spacial score (nSPS) is 17.5. The number of amides is 1. The third-order valence-corrected chi connectivity index (χ3v) is 3.86. The Morgan fingerprint density at radius 2 is 2.09 bits per heavy atom. The largest absolute Gasteiger partial charge is 0.488 e. The molecule has 1 N–H and O–H groups in total. The van der Waals surface area contributed by atoms with Crippen LogP contribution in [0.1, 0.15) is 32.1 Å². The Labute approximate surface area is 134 Å². The summed E-state index contributed by atoms with van der Waals surface area (Å²) in [5, 5.41) is 9.19. The van der Waals surface area contributed by atoms with E-state index in [0.717, 1.165) is 6.42 Å². The number of carboxylic acids is 1. The molecule has 22 heavy (non-hydrogen) atoms. The Morgan fingerprint density at radius 1 is 1.32 bits per heavy atom. The Kier molecular flexibility index (Phi) is 6.07. The molecule has 1 aromatic rings. The van der Waals surface area contributed by atoms with Gasteiger partial charge in [0.25, 0.3) is 0 Å². The smallest absolute Gasteiger partial charge is 0.303 e. The van der Waals surface area contributed by atoms with Gasteiger partial charge in [0.15, 0.2) is 0 Å². The van der Waals surface area contributed by atoms with Crippen molar-refractivity contribution in [3.63, 3.8) is 0 Å². The van der Waals surface area contributed by atoms with Gasteiger partial charge in [-0.05, 0) is 31.0 Å². The summed E-state index contributed by atoms with van der Waals surface area (Å²) in [7, 11) is 0. The zero-order chi connectivity index (χ0) is 15.9. The van der Waals surface area contributed by atoms with Crippen LogP contribution in [0, 0.1) is 0 Å². The maximum absolute atomic E-state index is 12.0. The van der Waals surface area contributed by atoms with Crippen LogP contribution < -0.4 is 4.74 Å². The number of hydrogen-bond acceptors (Lipinski definition) is 3. The van der Waals surface area contributed by atoms with Crippen LogP contribution in [0.5, 0.6) is 5.75 Å². The standard InChI is InChI=1S/C16H20ClNO4/c17-12-4-3-5-13(10-12)22-14-8-9-18(11-14)15(19)6-1-2-7-16(20)21/h3-5,10,14H,1-2,6-9,11H2,(H,20,21)/t14-/m0/s1. The number of halogens is 1. The molecule has 1 aliphatic heterocycles. The van der Waals surface area contributed by atoms with E-state index in [1.807, 2.05) is 12.1 Å². The van der Waals surface area contributed by atoms with Crippen molar-refractivity contribution >= 4 is 23.5 Å². The van der Waals surface area contributed by atoms with Crippen molar-refractivity contribution in [2.45, 2.75) is 38.2 Å². The molecular weight excluding hydrogens is 306 g/mol. The molecule has 0 bridgehead atoms. The van der Waals surface area contributed by atoms with Gasteiger partial charge in [0.1, 0.15) is 11.9 Å². The van der Waals surface area contributed by atoms with Crippen LogP contribution in [-0.4, -0.2) is 41.1 Å². The molecule has 5 nitrogen and oxygen atoms in total. The van der Waals surface area contributed by atoms with Gasteiger partial charge in [0.05, 0.1) is 6.54 Å². The Bertz CT molecular complexity index is 535. The molecule has 1 heterocycles. The number of unbranched alkanes of at least 4 members (excludes halogenated alkanes) is 1. The van der Waals surface area contributed by atoms with Gasteiger partial charge in [-0.1, -0.05) is 17.7 Å². The Balaban J connectivity index is 1.72. The van der Waals surface area contributed by atoms with Crippen LogP contribution in [0.4, 0.5) is 0 Å². The summed E-state index contributed by atoms with van der Waals surface area (Å²) in [6.45, 7) is 1.26. The number of hydrogen-bond donors (Lipinski definition) is 1. The first-order valence-corrected chi connectivity index (χ1v) is 7.84. The first-order chi connectivity index (χ1) is 10.5. The van der Waals surface area contributed by atoms with E-state index in [4.69, 9.17) is 21.4 Å². The quantitative estimate of drug-likeness (QED) is 0.783. The first-order valence-electron chi connectivity index (χ1n) is 7.46. The van der Waals surface area contributed by atoms with Gasteiger partial charge in [0.2, 0.25) is 5.91 Å². The van der Waals surface area contributed by atoms with Crippen molar-refractivity contribution in [1.82, 2.24) is 4.90 Å². The van der Waals surface area contributed by atoms with Gasteiger partial charge in [0, 0.05) is 30.8 Å². The minimum absolute atomic E-state index is 0.0126. The first kappa shape index (κ1) is 16.6. The summed E-state index contributed by atoms with van der Waals surface area (Å²) in [4.78, 5) is 24.3. The molecule has 0 aliphatic carbocycles. The summed E-state index contributed by atoms with van der Waals surface area (Å²) >= 11 is 5.92. The molecule has 1 fully saturated rings. The van der Waals surface area contributed by atoms with E-state index in [9.17, 15) is 9.59 Å². The van der Waals surface area contributed by atoms with Gasteiger partial charge >= 0.3 is 5.97 Å². The molecule has 6 heteroatoms. The number of aliphatic carboxylic acids is 1. The molecule has 120 valence electrons. The predicted octanol–water partition coefficient (Wildman–Crippen LogP) is 2.96. The molecule has 0 spiro atoms. The molecule has 1 saturated heterocycles. The maximum atomic E-state index is 12.0. The van der Waals surface area contributed by atoms with E-state index in [1.165, 1.54) is 0 Å². The summed E-state index contributed by atoms with van der Waals surface area (Å²) in [5.74, 6) is -0.0283. The van der Waals surface area contributed by atoms with Crippen LogP contribution in [0.15, 0.2) is 24.3 Å². The highest BCUT2D eigenvalue weighted by molar-refractivity contribution is 6.30. The fourth-order valence-electron chi connectivity index (χ4n) is 2.49. The van der Waals surface area contributed by atoms with E-state index >= 15 is 0 Å². The minimum atomic E-state index is -0.816. The molecule has 1 aromatic carbocycles. The topological polar surface area (TPSA) is 66.8 Å². The van der Waals surface area contributed by atoms with E-state index in [-0.39, 0.29) is 18.4 Å². The Hall–Kier alpha value is -1.75. The number of rotatable bonds is 7. The van der Waals surface area contributed by atoms with Crippen molar-refractivity contribution < 1.29 is 19.4 Å². The molecule has 1 aliphatic rings. The Morgan fingerprint density at radius 3 is 2.82 bits per heavy atom. The van der Waals surface area contributed by atoms with Crippen molar-refractivity contribution in [2.24, 2.45) is 0 Å². The SMILES string of the molecule is O=C(O)CCCCC(=O)N1CC[C@H](Oc2cccc(Cl)c2)C1. The lowest BCUT2D eigenvalue weighted by Gasteiger charge is -2.17. The fraction of sp³-hybridized carbons (Fsp3) is 0.500. The van der Waals surface area contributed by atoms with Gasteiger partial charge < -0.3 is 14.7 Å². The zero-order valence-corrected chi connectivity index (χ0v) is 13.1. The van der Waals surface area contributed by atoms with Crippen LogP contribution in [0.3, 0.4) is 0 Å². The lowest BCUT2D eigenvalue weighted by molar-refractivity contribution is -0.137. The van der Waals surface area contributed by atoms with Gasteiger partial charge in [-0.3, -0.25) is 9.59 Å². The number of nitrogens with zero attached hydrogens (tertiary/aromatic N) is 1. The van der Waals surface area contributed by atoms with E-state index < -0.39 is 5.97 Å². The number of likely N-dealkylation sites (tertiary alicyclic amines) is 1. The van der Waals surface area contributed by atoms with Gasteiger partial charge in [-0.25, -0.2) is 0 Å². The second-order valence-corrected chi connectivity index (χ2v) is 5.86. The van der Waals surface area contributed by atoms with Crippen molar-refractivity contribution in [1.29, 1.82) is 0 Å². The van der Waals surface area contributed by atoms with E-state index in [2.05, 4.69) is 0 Å². The molecule has 2 rings (SSSR count). The molecule has 1 amide bonds. The van der Waals surface area contributed by atoms with Crippen LogP contribution >= 0.6 is 11.6 Å². The predicted molar refractivity (Wildman–Crippen MR) is 83.2 cm³/mol. The number of carbonyl (C=O) groups is 2. The third kappa shape index (κ3) is 5.22. The van der Waals surface area contributed by atoms with Crippen molar-refractivity contribution in [3.8, 4) is 5.75 Å². The van der Waals surface area contributed by atoms with Crippen LogP contribution in [0.2, 0.25) is 5.02 Å². The molecule has 0 radical (unpaired) electrons. The molecule has 0 aromatic heterocycles. The zero-order valence-electron chi connectivity index (χ0n) is 12.3. The van der Waals surface area contributed by atoms with Gasteiger partial charge in [-0.15, -0.1) is 0 Å². The highest BCUT2D eigenvalue weighted by Crippen LogP contribution is 2.22. The van der Waals surface area contributed by atoms with E-state index in [0.29, 0.717) is 43.1 Å². The summed E-state index contributed by atoms with van der Waals surface area (Å²) in [6.07, 6.45) is 2.46. The molecular formula is C16H20ClNO4. The lowest BCUT2D eigenvalue weighted by atomic mass is 10.2. The van der Waals surface area contributed by atoms with E-state index in [1.54, 1.807) is 17.0 Å².